The van der Waals surface area contributed by atoms with Crippen LogP contribution in [0.25, 0.3) is 0 Å². The minimum Gasteiger partial charge on any atom is -0.383 e. The van der Waals surface area contributed by atoms with Crippen LogP contribution in [0.15, 0.2) is 71.9 Å². The number of carbonyl (C=O) groups is 1. The number of aryl methyl sites for hydroxylation is 1. The Hall–Kier alpha value is -3.41. The van der Waals surface area contributed by atoms with Gasteiger partial charge in [0.2, 0.25) is 0 Å². The number of hydrogen-bond donors (Lipinski definition) is 3. The van der Waals surface area contributed by atoms with E-state index in [9.17, 15) is 4.79 Å². The standard InChI is InChI=1S/C23H29N5O/c1-16(2)13-27-19(5)26-10-9-25-18(4)20-7-6-8-22(12-20)28-23(29)21-11-17(3)14-24-15-21/h6-15,18,25H,1-5H3,(H,26,27)(H,28,29). The molecule has 0 saturated carbocycles. The first-order chi connectivity index (χ1) is 13.8. The highest BCUT2D eigenvalue weighted by molar-refractivity contribution is 6.04. The summed E-state index contributed by atoms with van der Waals surface area (Å²) in [5.41, 5.74) is 4.44. The van der Waals surface area contributed by atoms with Gasteiger partial charge in [0.05, 0.1) is 5.56 Å². The maximum atomic E-state index is 12.4. The van der Waals surface area contributed by atoms with Gasteiger partial charge in [-0.15, -0.1) is 0 Å². The van der Waals surface area contributed by atoms with Crippen LogP contribution in [0, 0.1) is 6.92 Å². The van der Waals surface area contributed by atoms with Crippen molar-refractivity contribution in [3.63, 3.8) is 0 Å². The summed E-state index contributed by atoms with van der Waals surface area (Å²) >= 11 is 0. The molecule has 29 heavy (non-hydrogen) atoms. The van der Waals surface area contributed by atoms with Crippen molar-refractivity contribution >= 4 is 17.4 Å². The molecule has 152 valence electrons. The fourth-order valence-corrected chi connectivity index (χ4v) is 2.48. The number of amidine groups is 1. The van der Waals surface area contributed by atoms with Crippen LogP contribution in [0.1, 0.15) is 55.2 Å². The molecule has 0 saturated heterocycles. The summed E-state index contributed by atoms with van der Waals surface area (Å²) < 4.78 is 0. The maximum absolute atomic E-state index is 12.4. The molecule has 0 spiro atoms. The Bertz CT molecular complexity index is 926. The fourth-order valence-electron chi connectivity index (χ4n) is 2.48. The van der Waals surface area contributed by atoms with Gasteiger partial charge in [-0.1, -0.05) is 17.7 Å². The van der Waals surface area contributed by atoms with Gasteiger partial charge in [0, 0.05) is 42.7 Å². The quantitative estimate of drug-likeness (QED) is 0.472. The summed E-state index contributed by atoms with van der Waals surface area (Å²) in [7, 11) is 0. The highest BCUT2D eigenvalue weighted by Crippen LogP contribution is 2.18. The summed E-state index contributed by atoms with van der Waals surface area (Å²) in [6.45, 7) is 9.88. The Labute approximate surface area is 172 Å². The number of benzene rings is 1. The Morgan fingerprint density at radius 3 is 2.66 bits per heavy atom. The Balaban J connectivity index is 1.94. The zero-order chi connectivity index (χ0) is 21.2. The average Bonchev–Trinajstić information content (AvgIpc) is 2.69. The van der Waals surface area contributed by atoms with Crippen LogP contribution in [0.5, 0.6) is 0 Å². The normalized spacial score (nSPS) is 12.4. The van der Waals surface area contributed by atoms with Crippen molar-refractivity contribution in [1.29, 1.82) is 0 Å². The predicted molar refractivity (Wildman–Crippen MR) is 120 cm³/mol. The molecule has 0 radical (unpaired) electrons. The zero-order valence-corrected chi connectivity index (χ0v) is 17.7. The predicted octanol–water partition coefficient (Wildman–Crippen LogP) is 4.70. The molecule has 0 aliphatic carbocycles. The lowest BCUT2D eigenvalue weighted by atomic mass is 10.1. The Kier molecular flexibility index (Phi) is 8.15. The lowest BCUT2D eigenvalue weighted by molar-refractivity contribution is 0.102. The van der Waals surface area contributed by atoms with Crippen molar-refractivity contribution in [2.45, 2.75) is 40.7 Å². The molecule has 1 heterocycles. The van der Waals surface area contributed by atoms with Crippen LogP contribution in [0.2, 0.25) is 0 Å². The molecule has 2 aromatic rings. The first-order valence-corrected chi connectivity index (χ1v) is 9.53. The molecular formula is C23H29N5O. The third-order valence-electron chi connectivity index (χ3n) is 4.02. The molecule has 1 aromatic carbocycles. The number of pyridine rings is 1. The number of allylic oxidation sites excluding steroid dienone is 1. The number of rotatable bonds is 7. The Morgan fingerprint density at radius 2 is 1.93 bits per heavy atom. The molecule has 0 bridgehead atoms. The summed E-state index contributed by atoms with van der Waals surface area (Å²) in [4.78, 5) is 20.8. The molecule has 6 heteroatoms. The number of hydrogen-bond acceptors (Lipinski definition) is 4. The van der Waals surface area contributed by atoms with Gasteiger partial charge in [0.15, 0.2) is 0 Å². The average molecular weight is 392 g/mol. The molecule has 0 aliphatic heterocycles. The van der Waals surface area contributed by atoms with E-state index in [0.717, 1.165) is 28.2 Å². The van der Waals surface area contributed by atoms with Crippen molar-refractivity contribution < 1.29 is 4.79 Å². The third kappa shape index (κ3) is 7.62. The van der Waals surface area contributed by atoms with Crippen LogP contribution in [-0.4, -0.2) is 16.7 Å². The molecule has 1 aromatic heterocycles. The molecule has 3 N–H and O–H groups in total. The topological polar surface area (TPSA) is 78.4 Å². The van der Waals surface area contributed by atoms with E-state index in [-0.39, 0.29) is 11.9 Å². The van der Waals surface area contributed by atoms with Gasteiger partial charge in [-0.3, -0.25) is 9.78 Å². The van der Waals surface area contributed by atoms with Gasteiger partial charge in [0.25, 0.3) is 5.91 Å². The van der Waals surface area contributed by atoms with E-state index in [1.165, 1.54) is 0 Å². The summed E-state index contributed by atoms with van der Waals surface area (Å²) in [6, 6.07) is 9.66. The maximum Gasteiger partial charge on any atom is 0.257 e. The van der Waals surface area contributed by atoms with Gasteiger partial charge in [0.1, 0.15) is 5.84 Å². The number of nitrogens with one attached hydrogen (secondary N) is 3. The number of aromatic nitrogens is 1. The highest BCUT2D eigenvalue weighted by atomic mass is 16.1. The number of amides is 1. The smallest absolute Gasteiger partial charge is 0.257 e. The van der Waals surface area contributed by atoms with Crippen molar-refractivity contribution in [3.05, 3.63) is 83.6 Å². The first-order valence-electron chi connectivity index (χ1n) is 9.53. The molecule has 0 aliphatic rings. The van der Waals surface area contributed by atoms with Gasteiger partial charge in [-0.2, -0.15) is 0 Å². The van der Waals surface area contributed by atoms with E-state index in [0.29, 0.717) is 5.56 Å². The highest BCUT2D eigenvalue weighted by Gasteiger charge is 2.09. The van der Waals surface area contributed by atoms with E-state index in [1.807, 2.05) is 76.6 Å². The van der Waals surface area contributed by atoms with Gasteiger partial charge in [-0.05, 0) is 63.9 Å². The van der Waals surface area contributed by atoms with Crippen LogP contribution >= 0.6 is 0 Å². The largest absolute Gasteiger partial charge is 0.383 e. The van der Waals surface area contributed by atoms with Crippen LogP contribution in [0.4, 0.5) is 5.69 Å². The van der Waals surface area contributed by atoms with Crippen LogP contribution in [-0.2, 0) is 0 Å². The SMILES string of the molecule is CC(C)=CN=C(C)NC=CNC(C)c1cccc(NC(=O)c2cncc(C)c2)c1. The second-order valence-corrected chi connectivity index (χ2v) is 7.12. The van der Waals surface area contributed by atoms with Crippen molar-refractivity contribution in [2.75, 3.05) is 5.32 Å². The second kappa shape index (κ2) is 10.8. The van der Waals surface area contributed by atoms with E-state index < -0.39 is 0 Å². The van der Waals surface area contributed by atoms with Crippen molar-refractivity contribution in [1.82, 2.24) is 15.6 Å². The van der Waals surface area contributed by atoms with E-state index >= 15 is 0 Å². The molecule has 2 rings (SSSR count). The van der Waals surface area contributed by atoms with Gasteiger partial charge in [-0.25, -0.2) is 4.99 Å². The number of aliphatic imine (C=N–C) groups is 1. The molecule has 1 unspecified atom stereocenters. The molecule has 0 fully saturated rings. The number of anilines is 1. The molecule has 1 atom stereocenters. The lowest BCUT2D eigenvalue weighted by Gasteiger charge is -2.14. The van der Waals surface area contributed by atoms with Crippen molar-refractivity contribution in [3.8, 4) is 0 Å². The molecule has 1 amide bonds. The molecular weight excluding hydrogens is 362 g/mol. The van der Waals surface area contributed by atoms with Crippen LogP contribution in [0.3, 0.4) is 0 Å². The van der Waals surface area contributed by atoms with Crippen molar-refractivity contribution in [2.24, 2.45) is 4.99 Å². The van der Waals surface area contributed by atoms with Gasteiger partial charge >= 0.3 is 0 Å². The minimum absolute atomic E-state index is 0.0700. The monoisotopic (exact) mass is 391 g/mol. The Morgan fingerprint density at radius 1 is 1.14 bits per heavy atom. The lowest BCUT2D eigenvalue weighted by Crippen LogP contribution is -2.17. The third-order valence-corrected chi connectivity index (χ3v) is 4.02. The second-order valence-electron chi connectivity index (χ2n) is 7.12. The number of nitrogens with zero attached hydrogens (tertiary/aromatic N) is 2. The summed E-state index contributed by atoms with van der Waals surface area (Å²) in [6.07, 6.45) is 8.76. The van der Waals surface area contributed by atoms with E-state index in [2.05, 4.69) is 32.9 Å². The zero-order valence-electron chi connectivity index (χ0n) is 17.7. The van der Waals surface area contributed by atoms with Crippen LogP contribution < -0.4 is 16.0 Å². The molecule has 6 nitrogen and oxygen atoms in total. The minimum atomic E-state index is -0.172. The summed E-state index contributed by atoms with van der Waals surface area (Å²) in [5, 5.41) is 9.33. The van der Waals surface area contributed by atoms with Gasteiger partial charge < -0.3 is 16.0 Å². The summed E-state index contributed by atoms with van der Waals surface area (Å²) in [5.74, 6) is 0.640. The van der Waals surface area contributed by atoms with E-state index in [4.69, 9.17) is 0 Å². The number of carbonyl (C=O) groups excluding carboxylic acids is 1. The first kappa shape index (κ1) is 21.9. The fraction of sp³-hybridized carbons (Fsp3) is 0.261. The van der Waals surface area contributed by atoms with E-state index in [1.54, 1.807) is 12.4 Å².